The number of carbonyl (C=O) groups excluding carboxylic acids is 1. The molecule has 2 aromatic rings. The Hall–Kier alpha value is -1.81. The number of benzene rings is 1. The summed E-state index contributed by atoms with van der Waals surface area (Å²) in [7, 11) is 0. The van der Waals surface area contributed by atoms with Crippen LogP contribution in [0.4, 0.5) is 0 Å². The van der Waals surface area contributed by atoms with Crippen LogP contribution in [0.5, 0.6) is 0 Å². The van der Waals surface area contributed by atoms with Gasteiger partial charge in [-0.2, -0.15) is 5.10 Å². The molecule has 2 N–H and O–H groups in total. The van der Waals surface area contributed by atoms with E-state index in [4.69, 9.17) is 11.6 Å². The van der Waals surface area contributed by atoms with Crippen LogP contribution in [0.15, 0.2) is 30.3 Å². The Kier molecular flexibility index (Phi) is 3.72. The SMILES string of the molecule is Cc1cc(CC(=O)NCC2(c3ccccc3Cl)CC2)n[nH]1. The van der Waals surface area contributed by atoms with Crippen LogP contribution in [0.2, 0.25) is 5.02 Å². The summed E-state index contributed by atoms with van der Waals surface area (Å²) in [5.74, 6) is -0.000159. The fourth-order valence-corrected chi connectivity index (χ4v) is 2.98. The van der Waals surface area contributed by atoms with Crippen molar-refractivity contribution in [2.45, 2.75) is 31.6 Å². The van der Waals surface area contributed by atoms with E-state index in [0.717, 1.165) is 34.8 Å². The van der Waals surface area contributed by atoms with Crippen LogP contribution >= 0.6 is 11.6 Å². The first kappa shape index (κ1) is 14.1. The van der Waals surface area contributed by atoms with Gasteiger partial charge in [-0.15, -0.1) is 0 Å². The van der Waals surface area contributed by atoms with Crippen molar-refractivity contribution in [2.75, 3.05) is 6.54 Å². The molecule has 0 aliphatic heterocycles. The third kappa shape index (κ3) is 3.10. The lowest BCUT2D eigenvalue weighted by atomic mass is 9.96. The lowest BCUT2D eigenvalue weighted by molar-refractivity contribution is -0.120. The van der Waals surface area contributed by atoms with Gasteiger partial charge in [-0.25, -0.2) is 0 Å². The summed E-state index contributed by atoms with van der Waals surface area (Å²) in [5, 5.41) is 10.7. The van der Waals surface area contributed by atoms with Crippen LogP contribution in [0, 0.1) is 6.92 Å². The summed E-state index contributed by atoms with van der Waals surface area (Å²) < 4.78 is 0. The average Bonchev–Trinajstić information content (AvgIpc) is 3.14. The van der Waals surface area contributed by atoms with Gasteiger partial charge in [0.15, 0.2) is 0 Å². The Balaban J connectivity index is 1.60. The second kappa shape index (κ2) is 5.53. The van der Waals surface area contributed by atoms with Gasteiger partial charge in [0, 0.05) is 22.7 Å². The van der Waals surface area contributed by atoms with Crippen molar-refractivity contribution in [3.05, 3.63) is 52.3 Å². The fourth-order valence-electron chi connectivity index (χ4n) is 2.64. The zero-order chi connectivity index (χ0) is 14.9. The number of carbonyl (C=O) groups is 1. The van der Waals surface area contributed by atoms with Crippen molar-refractivity contribution in [2.24, 2.45) is 0 Å². The lowest BCUT2D eigenvalue weighted by Gasteiger charge is -2.17. The quantitative estimate of drug-likeness (QED) is 0.892. The van der Waals surface area contributed by atoms with E-state index in [1.807, 2.05) is 31.2 Å². The van der Waals surface area contributed by atoms with Crippen LogP contribution in [0.1, 0.15) is 29.8 Å². The lowest BCUT2D eigenvalue weighted by Crippen LogP contribution is -2.33. The number of hydrogen-bond acceptors (Lipinski definition) is 2. The minimum absolute atomic E-state index is 0.000159. The highest BCUT2D eigenvalue weighted by molar-refractivity contribution is 6.31. The summed E-state index contributed by atoms with van der Waals surface area (Å²) >= 11 is 6.27. The Morgan fingerprint density at radius 2 is 2.19 bits per heavy atom. The normalized spacial score (nSPS) is 15.7. The molecule has 1 amide bonds. The Labute approximate surface area is 128 Å². The third-order valence-electron chi connectivity index (χ3n) is 4.02. The summed E-state index contributed by atoms with van der Waals surface area (Å²) in [4.78, 5) is 12.0. The number of aryl methyl sites for hydroxylation is 1. The van der Waals surface area contributed by atoms with Crippen LogP contribution in [0.3, 0.4) is 0 Å². The van der Waals surface area contributed by atoms with Crippen LogP contribution in [-0.4, -0.2) is 22.6 Å². The summed E-state index contributed by atoms with van der Waals surface area (Å²) in [6.45, 7) is 2.56. The van der Waals surface area contributed by atoms with E-state index in [2.05, 4.69) is 21.6 Å². The largest absolute Gasteiger partial charge is 0.355 e. The maximum atomic E-state index is 12.0. The number of aromatic nitrogens is 2. The molecule has 1 aliphatic rings. The van der Waals surface area contributed by atoms with E-state index >= 15 is 0 Å². The van der Waals surface area contributed by atoms with Crippen molar-refractivity contribution in [3.8, 4) is 0 Å². The highest BCUT2D eigenvalue weighted by Crippen LogP contribution is 2.49. The van der Waals surface area contributed by atoms with Crippen LogP contribution in [0.25, 0.3) is 0 Å². The number of nitrogens with one attached hydrogen (secondary N) is 2. The van der Waals surface area contributed by atoms with Gasteiger partial charge in [0.1, 0.15) is 0 Å². The van der Waals surface area contributed by atoms with E-state index in [-0.39, 0.29) is 11.3 Å². The number of hydrogen-bond donors (Lipinski definition) is 2. The molecule has 0 saturated heterocycles. The van der Waals surface area contributed by atoms with Crippen molar-refractivity contribution >= 4 is 17.5 Å². The monoisotopic (exact) mass is 303 g/mol. The van der Waals surface area contributed by atoms with Gasteiger partial charge in [-0.05, 0) is 37.5 Å². The standard InChI is InChI=1S/C16H18ClN3O/c1-11-8-12(20-19-11)9-15(21)18-10-16(6-7-16)13-4-2-3-5-14(13)17/h2-5,8H,6-7,9-10H2,1H3,(H,18,21)(H,19,20). The van der Waals surface area contributed by atoms with E-state index in [1.165, 1.54) is 0 Å². The van der Waals surface area contributed by atoms with Crippen molar-refractivity contribution in [1.82, 2.24) is 15.5 Å². The van der Waals surface area contributed by atoms with E-state index in [1.54, 1.807) is 0 Å². The molecule has 1 aliphatic carbocycles. The highest BCUT2D eigenvalue weighted by Gasteiger charge is 2.45. The number of aromatic amines is 1. The molecule has 1 aromatic carbocycles. The summed E-state index contributed by atoms with van der Waals surface area (Å²) in [6, 6.07) is 9.78. The second-order valence-corrected chi connectivity index (χ2v) is 6.16. The first-order valence-corrected chi connectivity index (χ1v) is 7.49. The third-order valence-corrected chi connectivity index (χ3v) is 4.35. The van der Waals surface area contributed by atoms with Gasteiger partial charge in [0.25, 0.3) is 0 Å². The van der Waals surface area contributed by atoms with Crippen molar-refractivity contribution in [1.29, 1.82) is 0 Å². The minimum atomic E-state index is -0.000159. The molecule has 1 fully saturated rings. The molecule has 1 heterocycles. The fraction of sp³-hybridized carbons (Fsp3) is 0.375. The molecule has 110 valence electrons. The Bertz CT molecular complexity index is 661. The van der Waals surface area contributed by atoms with E-state index in [0.29, 0.717) is 13.0 Å². The number of rotatable bonds is 5. The maximum absolute atomic E-state index is 12.0. The molecule has 21 heavy (non-hydrogen) atoms. The zero-order valence-electron chi connectivity index (χ0n) is 11.9. The van der Waals surface area contributed by atoms with Gasteiger partial charge >= 0.3 is 0 Å². The molecule has 3 rings (SSSR count). The molecule has 0 atom stereocenters. The van der Waals surface area contributed by atoms with Crippen LogP contribution < -0.4 is 5.32 Å². The Morgan fingerprint density at radius 1 is 1.43 bits per heavy atom. The number of nitrogens with zero attached hydrogens (tertiary/aromatic N) is 1. The van der Waals surface area contributed by atoms with Gasteiger partial charge < -0.3 is 5.32 Å². The molecule has 0 bridgehead atoms. The van der Waals surface area contributed by atoms with Gasteiger partial charge in [0.05, 0.1) is 12.1 Å². The average molecular weight is 304 g/mol. The van der Waals surface area contributed by atoms with Crippen molar-refractivity contribution < 1.29 is 4.79 Å². The smallest absolute Gasteiger partial charge is 0.226 e. The number of H-pyrrole nitrogens is 1. The summed E-state index contributed by atoms with van der Waals surface area (Å²) in [6.07, 6.45) is 2.44. The maximum Gasteiger partial charge on any atom is 0.226 e. The highest BCUT2D eigenvalue weighted by atomic mass is 35.5. The molecule has 0 radical (unpaired) electrons. The first-order chi connectivity index (χ1) is 10.1. The Morgan fingerprint density at radius 3 is 2.81 bits per heavy atom. The molecule has 5 heteroatoms. The molecule has 1 saturated carbocycles. The molecule has 0 spiro atoms. The molecule has 4 nitrogen and oxygen atoms in total. The molecular formula is C16H18ClN3O. The van der Waals surface area contributed by atoms with Gasteiger partial charge in [0.2, 0.25) is 5.91 Å². The number of halogens is 1. The minimum Gasteiger partial charge on any atom is -0.355 e. The van der Waals surface area contributed by atoms with E-state index in [9.17, 15) is 4.79 Å². The van der Waals surface area contributed by atoms with Crippen molar-refractivity contribution in [3.63, 3.8) is 0 Å². The van der Waals surface area contributed by atoms with E-state index < -0.39 is 0 Å². The summed E-state index contributed by atoms with van der Waals surface area (Å²) in [5.41, 5.74) is 2.90. The molecule has 1 aromatic heterocycles. The van der Waals surface area contributed by atoms with Gasteiger partial charge in [-0.1, -0.05) is 29.8 Å². The first-order valence-electron chi connectivity index (χ1n) is 7.12. The second-order valence-electron chi connectivity index (χ2n) is 5.76. The predicted octanol–water partition coefficient (Wildman–Crippen LogP) is 2.76. The zero-order valence-corrected chi connectivity index (χ0v) is 12.7. The predicted molar refractivity (Wildman–Crippen MR) is 82.4 cm³/mol. The number of amides is 1. The molecule has 0 unspecified atom stereocenters. The van der Waals surface area contributed by atoms with Gasteiger partial charge in [-0.3, -0.25) is 9.89 Å². The topological polar surface area (TPSA) is 57.8 Å². The van der Waals surface area contributed by atoms with Crippen LogP contribution in [-0.2, 0) is 16.6 Å². The molecular weight excluding hydrogens is 286 g/mol.